The average Bonchev–Trinajstić information content (AvgIpc) is 3.61. The fourth-order valence-electron chi connectivity index (χ4n) is 5.53. The summed E-state index contributed by atoms with van der Waals surface area (Å²) in [5, 5.41) is 36.2. The number of aromatic nitrogens is 7. The summed E-state index contributed by atoms with van der Waals surface area (Å²) in [5.41, 5.74) is 8.12. The number of carboxylic acids is 1. The summed E-state index contributed by atoms with van der Waals surface area (Å²) >= 11 is 0. The summed E-state index contributed by atoms with van der Waals surface area (Å²) in [7, 11) is 1.89. The van der Waals surface area contributed by atoms with Crippen LogP contribution in [0.15, 0.2) is 60.9 Å². The van der Waals surface area contributed by atoms with E-state index < -0.39 is 12.1 Å². The minimum atomic E-state index is -1.00. The van der Waals surface area contributed by atoms with Gasteiger partial charge in [0.15, 0.2) is 5.65 Å². The molecule has 0 bridgehead atoms. The Bertz CT molecular complexity index is 1930. The summed E-state index contributed by atoms with van der Waals surface area (Å²) in [6, 6.07) is 14.3. The molecule has 2 aromatic carbocycles. The third-order valence-corrected chi connectivity index (χ3v) is 7.50. The number of aliphatic hydroxyl groups excluding tert-OH is 1. The number of carboxylic acid groups (broad SMARTS) is 1. The van der Waals surface area contributed by atoms with Gasteiger partial charge in [0.25, 0.3) is 0 Å². The van der Waals surface area contributed by atoms with Gasteiger partial charge in [0.05, 0.1) is 40.8 Å². The van der Waals surface area contributed by atoms with E-state index in [4.69, 9.17) is 20.3 Å². The molecule has 0 saturated heterocycles. The molecule has 1 atom stereocenters. The molecular weight excluding hydrogens is 518 g/mol. The predicted molar refractivity (Wildman–Crippen MR) is 156 cm³/mol. The Balaban J connectivity index is 1.41. The number of nitrogens with zero attached hydrogens (tertiary/aromatic N) is 7. The van der Waals surface area contributed by atoms with Gasteiger partial charge in [0.2, 0.25) is 0 Å². The molecule has 6 rings (SSSR count). The van der Waals surface area contributed by atoms with E-state index in [-0.39, 0.29) is 18.0 Å². The lowest BCUT2D eigenvalue weighted by Crippen LogP contribution is -2.09. The Labute approximate surface area is 236 Å². The van der Waals surface area contributed by atoms with Crippen molar-refractivity contribution in [2.45, 2.75) is 46.3 Å². The molecule has 0 aliphatic rings. The number of benzene rings is 2. The van der Waals surface area contributed by atoms with Crippen LogP contribution in [0.5, 0.6) is 0 Å². The molecule has 0 saturated carbocycles. The minimum Gasteiger partial charge on any atom is -0.478 e. The van der Waals surface area contributed by atoms with Gasteiger partial charge >= 0.3 is 5.97 Å². The first-order chi connectivity index (χ1) is 19.6. The zero-order chi connectivity index (χ0) is 29.0. The number of aliphatic hydroxyl groups is 1. The van der Waals surface area contributed by atoms with E-state index in [1.165, 1.54) is 12.1 Å². The first-order valence-electron chi connectivity index (χ1n) is 13.5. The van der Waals surface area contributed by atoms with Crippen LogP contribution in [-0.4, -0.2) is 50.5 Å². The summed E-state index contributed by atoms with van der Waals surface area (Å²) < 4.78 is 5.47. The second kappa shape index (κ2) is 9.97. The van der Waals surface area contributed by atoms with E-state index in [0.717, 1.165) is 50.2 Å². The highest BCUT2D eigenvalue weighted by molar-refractivity contribution is 5.94. The molecule has 2 N–H and O–H groups in total. The number of pyridine rings is 1. The summed E-state index contributed by atoms with van der Waals surface area (Å²) in [5.74, 6) is -0.783. The second-order valence-electron chi connectivity index (χ2n) is 10.8. The van der Waals surface area contributed by atoms with Crippen LogP contribution in [0.3, 0.4) is 0 Å². The van der Waals surface area contributed by atoms with Gasteiger partial charge in [-0.25, -0.2) is 14.5 Å². The van der Waals surface area contributed by atoms with Crippen LogP contribution in [0.25, 0.3) is 38.9 Å². The van der Waals surface area contributed by atoms with Crippen molar-refractivity contribution < 1.29 is 15.0 Å². The number of carbonyl (C=O) groups is 1. The molecule has 0 radical (unpaired) electrons. The van der Waals surface area contributed by atoms with E-state index in [1.54, 1.807) is 21.5 Å². The van der Waals surface area contributed by atoms with Crippen molar-refractivity contribution in [3.8, 4) is 16.9 Å². The van der Waals surface area contributed by atoms with E-state index in [0.29, 0.717) is 11.2 Å². The Morgan fingerprint density at radius 2 is 1.76 bits per heavy atom. The first kappa shape index (κ1) is 26.4. The Morgan fingerprint density at radius 1 is 1.00 bits per heavy atom. The third kappa shape index (κ3) is 4.66. The summed E-state index contributed by atoms with van der Waals surface area (Å²) in [6.07, 6.45) is 3.05. The van der Waals surface area contributed by atoms with Crippen molar-refractivity contribution in [2.24, 2.45) is 7.05 Å². The predicted octanol–water partition coefficient (Wildman–Crippen LogP) is 5.34. The number of rotatable bonds is 7. The van der Waals surface area contributed by atoms with Crippen LogP contribution >= 0.6 is 0 Å². The van der Waals surface area contributed by atoms with Gasteiger partial charge in [-0.05, 0) is 49.6 Å². The van der Waals surface area contributed by atoms with Crippen LogP contribution in [0.2, 0.25) is 0 Å². The van der Waals surface area contributed by atoms with Crippen LogP contribution < -0.4 is 0 Å². The molecule has 0 amide bonds. The second-order valence-corrected chi connectivity index (χ2v) is 10.8. The van der Waals surface area contributed by atoms with Crippen LogP contribution in [0.1, 0.15) is 58.7 Å². The number of aryl methyl sites for hydroxylation is 2. The summed E-state index contributed by atoms with van der Waals surface area (Å²) in [6.45, 7) is 8.63. The Hall–Kier alpha value is -4.83. The van der Waals surface area contributed by atoms with Gasteiger partial charge < -0.3 is 10.2 Å². The molecular formula is C31H31N7O3. The molecule has 208 valence electrons. The van der Waals surface area contributed by atoms with Gasteiger partial charge in [0.1, 0.15) is 0 Å². The molecule has 0 fully saturated rings. The molecule has 0 aliphatic carbocycles. The molecule has 10 heteroatoms. The van der Waals surface area contributed by atoms with Crippen molar-refractivity contribution in [3.05, 3.63) is 89.0 Å². The van der Waals surface area contributed by atoms with Crippen molar-refractivity contribution in [2.75, 3.05) is 0 Å². The number of aromatic carboxylic acids is 1. The van der Waals surface area contributed by atoms with Crippen LogP contribution in [0, 0.1) is 13.8 Å². The average molecular weight is 550 g/mol. The maximum Gasteiger partial charge on any atom is 0.335 e. The molecule has 10 nitrogen and oxygen atoms in total. The lowest BCUT2D eigenvalue weighted by atomic mass is 9.95. The smallest absolute Gasteiger partial charge is 0.335 e. The van der Waals surface area contributed by atoms with Gasteiger partial charge in [-0.15, -0.1) is 0 Å². The quantitative estimate of drug-likeness (QED) is 0.275. The standard InChI is InChI=1S/C31H31N7O3/c1-17(2)28-19(4)38(26-13-22-14-36(5)35-30(22)32-18(26)3)34-29(28)23-7-6-8-25-24(23)15-37(33-25)16-27(39)20-9-11-21(12-10-20)31(40)41/h6-15,17,27,39H,16H2,1-5H3,(H,40,41)/t27-/m0/s1. The van der Waals surface area contributed by atoms with E-state index >= 15 is 0 Å². The van der Waals surface area contributed by atoms with Crippen molar-refractivity contribution >= 4 is 27.9 Å². The zero-order valence-corrected chi connectivity index (χ0v) is 23.6. The van der Waals surface area contributed by atoms with Crippen molar-refractivity contribution in [1.29, 1.82) is 0 Å². The van der Waals surface area contributed by atoms with E-state index in [1.807, 2.05) is 43.2 Å². The molecule has 4 aromatic heterocycles. The molecule has 41 heavy (non-hydrogen) atoms. The summed E-state index contributed by atoms with van der Waals surface area (Å²) in [4.78, 5) is 15.9. The molecule has 0 unspecified atom stereocenters. The largest absolute Gasteiger partial charge is 0.478 e. The van der Waals surface area contributed by atoms with Gasteiger partial charge in [-0.1, -0.05) is 38.1 Å². The normalized spacial score (nSPS) is 12.6. The van der Waals surface area contributed by atoms with E-state index in [9.17, 15) is 9.90 Å². The number of hydrogen-bond donors (Lipinski definition) is 2. The number of fused-ring (bicyclic) bond motifs is 2. The lowest BCUT2D eigenvalue weighted by Gasteiger charge is -2.11. The topological polar surface area (TPSA) is 124 Å². The molecule has 0 spiro atoms. The van der Waals surface area contributed by atoms with Gasteiger partial charge in [0, 0.05) is 47.0 Å². The molecule has 0 aliphatic heterocycles. The van der Waals surface area contributed by atoms with Crippen LogP contribution in [-0.2, 0) is 13.6 Å². The van der Waals surface area contributed by atoms with Crippen molar-refractivity contribution in [1.82, 2.24) is 34.3 Å². The maximum atomic E-state index is 11.2. The Morgan fingerprint density at radius 3 is 2.46 bits per heavy atom. The monoisotopic (exact) mass is 549 g/mol. The number of hydrogen-bond acceptors (Lipinski definition) is 6. The van der Waals surface area contributed by atoms with Crippen molar-refractivity contribution in [3.63, 3.8) is 0 Å². The minimum absolute atomic E-state index is 0.178. The first-order valence-corrected chi connectivity index (χ1v) is 13.5. The SMILES string of the molecule is Cc1nc2nn(C)cc2cc1-n1nc(-c2cccc3nn(C[C@H](O)c4ccc(C(=O)O)cc4)cc23)c(C(C)C)c1C. The molecule has 6 aromatic rings. The highest BCUT2D eigenvalue weighted by Gasteiger charge is 2.23. The van der Waals surface area contributed by atoms with E-state index in [2.05, 4.69) is 38.0 Å². The van der Waals surface area contributed by atoms with Gasteiger partial charge in [-0.3, -0.25) is 9.36 Å². The fourth-order valence-corrected chi connectivity index (χ4v) is 5.53. The zero-order valence-electron chi connectivity index (χ0n) is 23.6. The van der Waals surface area contributed by atoms with Crippen LogP contribution in [0.4, 0.5) is 0 Å². The fraction of sp³-hybridized carbons (Fsp3) is 0.258. The molecule has 4 heterocycles. The highest BCUT2D eigenvalue weighted by atomic mass is 16.4. The van der Waals surface area contributed by atoms with Gasteiger partial charge in [-0.2, -0.15) is 15.3 Å². The maximum absolute atomic E-state index is 11.2. The Kier molecular flexibility index (Phi) is 6.42. The highest BCUT2D eigenvalue weighted by Crippen LogP contribution is 2.37. The lowest BCUT2D eigenvalue weighted by molar-refractivity contribution is 0.0696. The third-order valence-electron chi connectivity index (χ3n) is 7.50.